The highest BCUT2D eigenvalue weighted by Gasteiger charge is 2.49. The summed E-state index contributed by atoms with van der Waals surface area (Å²) in [6, 6.07) is 0. The molecule has 1 aliphatic carbocycles. The van der Waals surface area contributed by atoms with Gasteiger partial charge in [0, 0.05) is 5.92 Å². The van der Waals surface area contributed by atoms with Crippen LogP contribution in [0.15, 0.2) is 0 Å². The molecule has 1 saturated carbocycles. The third-order valence-corrected chi connectivity index (χ3v) is 4.87. The lowest BCUT2D eigenvalue weighted by molar-refractivity contribution is -0.145. The third-order valence-electron chi connectivity index (χ3n) is 4.87. The molecular formula is C13H22O2. The lowest BCUT2D eigenvalue weighted by Crippen LogP contribution is -2.37. The highest BCUT2D eigenvalue weighted by Crippen LogP contribution is 2.49. The minimum absolute atomic E-state index is 0.0259. The van der Waals surface area contributed by atoms with E-state index in [1.165, 1.54) is 6.42 Å². The Bertz CT molecular complexity index is 272. The standard InChI is InChI=1S/C13H22O2/c1-8(2)13(4)6-5-10-9(3)12(14)15-11(10)7-13/h8-11H,5-7H2,1-4H3/t9?,10-,11?,13?/m0/s1. The van der Waals surface area contributed by atoms with Crippen molar-refractivity contribution in [2.24, 2.45) is 23.2 Å². The van der Waals surface area contributed by atoms with Gasteiger partial charge in [0.25, 0.3) is 0 Å². The first kappa shape index (κ1) is 11.0. The van der Waals surface area contributed by atoms with Gasteiger partial charge in [-0.2, -0.15) is 0 Å². The summed E-state index contributed by atoms with van der Waals surface area (Å²) in [6.45, 7) is 8.91. The van der Waals surface area contributed by atoms with Crippen molar-refractivity contribution in [1.29, 1.82) is 0 Å². The highest BCUT2D eigenvalue weighted by atomic mass is 16.6. The minimum Gasteiger partial charge on any atom is -0.462 e. The molecule has 0 bridgehead atoms. The number of hydrogen-bond acceptors (Lipinski definition) is 2. The lowest BCUT2D eigenvalue weighted by Gasteiger charge is -2.42. The van der Waals surface area contributed by atoms with Crippen LogP contribution in [0.3, 0.4) is 0 Å². The van der Waals surface area contributed by atoms with Crippen LogP contribution in [-0.2, 0) is 9.53 Å². The third kappa shape index (κ3) is 1.68. The first-order valence-electron chi connectivity index (χ1n) is 6.14. The SMILES string of the molecule is CC1C(=O)OC2CC(C)(C(C)C)CC[C@H]21. The summed E-state index contributed by atoms with van der Waals surface area (Å²) in [6.07, 6.45) is 3.67. The number of rotatable bonds is 1. The van der Waals surface area contributed by atoms with Gasteiger partial charge < -0.3 is 4.74 Å². The number of fused-ring (bicyclic) bond motifs is 1. The number of carbonyl (C=O) groups is 1. The summed E-state index contributed by atoms with van der Waals surface area (Å²) < 4.78 is 5.48. The molecule has 0 aromatic carbocycles. The molecule has 1 saturated heterocycles. The van der Waals surface area contributed by atoms with E-state index in [-0.39, 0.29) is 18.0 Å². The van der Waals surface area contributed by atoms with Crippen molar-refractivity contribution in [2.45, 2.75) is 53.1 Å². The zero-order chi connectivity index (χ0) is 11.2. The Morgan fingerprint density at radius 3 is 2.73 bits per heavy atom. The van der Waals surface area contributed by atoms with Crippen LogP contribution in [0.1, 0.15) is 47.0 Å². The van der Waals surface area contributed by atoms with Gasteiger partial charge >= 0.3 is 5.97 Å². The summed E-state index contributed by atoms with van der Waals surface area (Å²) in [7, 11) is 0. The van der Waals surface area contributed by atoms with Crippen LogP contribution < -0.4 is 0 Å². The summed E-state index contributed by atoms with van der Waals surface area (Å²) in [5.74, 6) is 1.32. The number of ether oxygens (including phenoxy) is 1. The maximum Gasteiger partial charge on any atom is 0.309 e. The second-order valence-corrected chi connectivity index (χ2v) is 5.98. The quantitative estimate of drug-likeness (QED) is 0.622. The van der Waals surface area contributed by atoms with E-state index in [0.717, 1.165) is 12.8 Å². The van der Waals surface area contributed by atoms with Crippen molar-refractivity contribution in [3.05, 3.63) is 0 Å². The molecule has 1 aliphatic heterocycles. The Balaban J connectivity index is 2.11. The van der Waals surface area contributed by atoms with Gasteiger partial charge in [-0.1, -0.05) is 27.7 Å². The van der Waals surface area contributed by atoms with Crippen LogP contribution in [-0.4, -0.2) is 12.1 Å². The maximum absolute atomic E-state index is 11.5. The molecule has 0 aromatic rings. The molecule has 0 radical (unpaired) electrons. The molecule has 0 spiro atoms. The molecule has 4 atom stereocenters. The van der Waals surface area contributed by atoms with E-state index in [0.29, 0.717) is 17.3 Å². The molecular weight excluding hydrogens is 188 g/mol. The van der Waals surface area contributed by atoms with Crippen molar-refractivity contribution in [3.63, 3.8) is 0 Å². The van der Waals surface area contributed by atoms with Crippen molar-refractivity contribution >= 4 is 5.97 Å². The van der Waals surface area contributed by atoms with Gasteiger partial charge in [-0.25, -0.2) is 0 Å². The van der Waals surface area contributed by atoms with Gasteiger partial charge in [0.05, 0.1) is 5.92 Å². The molecule has 2 rings (SSSR count). The first-order valence-corrected chi connectivity index (χ1v) is 6.14. The monoisotopic (exact) mass is 210 g/mol. The van der Waals surface area contributed by atoms with Crippen LogP contribution >= 0.6 is 0 Å². The smallest absolute Gasteiger partial charge is 0.309 e. The van der Waals surface area contributed by atoms with Gasteiger partial charge in [0.1, 0.15) is 6.10 Å². The second kappa shape index (κ2) is 3.50. The Morgan fingerprint density at radius 2 is 2.13 bits per heavy atom. The van der Waals surface area contributed by atoms with Gasteiger partial charge in [-0.05, 0) is 30.6 Å². The Hall–Kier alpha value is -0.530. The van der Waals surface area contributed by atoms with Crippen LogP contribution in [0.25, 0.3) is 0 Å². The van der Waals surface area contributed by atoms with Crippen molar-refractivity contribution in [2.75, 3.05) is 0 Å². The van der Waals surface area contributed by atoms with E-state index < -0.39 is 0 Å². The number of carbonyl (C=O) groups excluding carboxylic acids is 1. The maximum atomic E-state index is 11.5. The molecule has 2 fully saturated rings. The van der Waals surface area contributed by atoms with E-state index >= 15 is 0 Å². The first-order chi connectivity index (χ1) is 6.94. The van der Waals surface area contributed by atoms with Gasteiger partial charge in [-0.3, -0.25) is 4.79 Å². The van der Waals surface area contributed by atoms with E-state index in [9.17, 15) is 4.79 Å². The molecule has 3 unspecified atom stereocenters. The van der Waals surface area contributed by atoms with E-state index in [4.69, 9.17) is 4.74 Å². The number of hydrogen-bond donors (Lipinski definition) is 0. The van der Waals surface area contributed by atoms with E-state index in [2.05, 4.69) is 20.8 Å². The molecule has 0 N–H and O–H groups in total. The molecule has 2 nitrogen and oxygen atoms in total. The zero-order valence-electron chi connectivity index (χ0n) is 10.2. The van der Waals surface area contributed by atoms with Crippen molar-refractivity contribution < 1.29 is 9.53 Å². The molecule has 2 aliphatic rings. The van der Waals surface area contributed by atoms with Crippen LogP contribution in [0, 0.1) is 23.2 Å². The van der Waals surface area contributed by atoms with Crippen LogP contribution in [0.2, 0.25) is 0 Å². The Morgan fingerprint density at radius 1 is 1.47 bits per heavy atom. The molecule has 86 valence electrons. The predicted octanol–water partition coefficient (Wildman–Crippen LogP) is 3.01. The van der Waals surface area contributed by atoms with Gasteiger partial charge in [-0.15, -0.1) is 0 Å². The van der Waals surface area contributed by atoms with Crippen molar-refractivity contribution in [1.82, 2.24) is 0 Å². The highest BCUT2D eigenvalue weighted by molar-refractivity contribution is 5.74. The van der Waals surface area contributed by atoms with E-state index in [1.54, 1.807) is 0 Å². The average molecular weight is 210 g/mol. The molecule has 15 heavy (non-hydrogen) atoms. The average Bonchev–Trinajstić information content (AvgIpc) is 2.42. The van der Waals surface area contributed by atoms with Crippen molar-refractivity contribution in [3.8, 4) is 0 Å². The Kier molecular flexibility index (Phi) is 2.56. The van der Waals surface area contributed by atoms with Crippen LogP contribution in [0.4, 0.5) is 0 Å². The minimum atomic E-state index is 0.0259. The fraction of sp³-hybridized carbons (Fsp3) is 0.923. The molecule has 0 amide bonds. The van der Waals surface area contributed by atoms with Crippen LogP contribution in [0.5, 0.6) is 0 Å². The topological polar surface area (TPSA) is 26.3 Å². The molecule has 0 aromatic heterocycles. The summed E-state index contributed by atoms with van der Waals surface area (Å²) in [5, 5.41) is 0. The summed E-state index contributed by atoms with van der Waals surface area (Å²) >= 11 is 0. The zero-order valence-corrected chi connectivity index (χ0v) is 10.2. The summed E-state index contributed by atoms with van der Waals surface area (Å²) in [5.41, 5.74) is 0.367. The molecule has 2 heteroatoms. The Labute approximate surface area is 92.4 Å². The second-order valence-electron chi connectivity index (χ2n) is 5.98. The fourth-order valence-electron chi connectivity index (χ4n) is 3.05. The van der Waals surface area contributed by atoms with Gasteiger partial charge in [0.15, 0.2) is 0 Å². The summed E-state index contributed by atoms with van der Waals surface area (Å²) in [4.78, 5) is 11.5. The number of esters is 1. The molecule has 1 heterocycles. The van der Waals surface area contributed by atoms with Gasteiger partial charge in [0.2, 0.25) is 0 Å². The fourth-order valence-corrected chi connectivity index (χ4v) is 3.05. The largest absolute Gasteiger partial charge is 0.462 e. The van der Waals surface area contributed by atoms with E-state index in [1.807, 2.05) is 6.92 Å². The normalized spacial score (nSPS) is 45.4. The predicted molar refractivity (Wildman–Crippen MR) is 59.3 cm³/mol. The lowest BCUT2D eigenvalue weighted by atomic mass is 9.63.